The van der Waals surface area contributed by atoms with Crippen LogP contribution in [0.4, 0.5) is 17.5 Å². The summed E-state index contributed by atoms with van der Waals surface area (Å²) in [5.74, 6) is 1.54. The van der Waals surface area contributed by atoms with Crippen molar-refractivity contribution in [2.75, 3.05) is 42.2 Å². The second kappa shape index (κ2) is 12.8. The number of nitrogens with zero attached hydrogens (tertiary/aromatic N) is 3. The standard InChI is InChI=1S/C25H36N6O/c1-19-9-10-21-22(11-15-27-23(21)17-19)26-12-6-7-13-28-24-18-20(2)30-25(31-24)29-14-5-3-4-8-16-32/h9-11,15,17-18,32H,3-8,12-14,16H2,1-2H3,(H,26,27)(H2,28,29,30,31). The number of aliphatic hydroxyl groups is 1. The maximum atomic E-state index is 8.83. The van der Waals surface area contributed by atoms with Crippen LogP contribution in [0.25, 0.3) is 10.9 Å². The smallest absolute Gasteiger partial charge is 0.224 e. The van der Waals surface area contributed by atoms with Gasteiger partial charge in [-0.25, -0.2) is 4.98 Å². The molecule has 7 nitrogen and oxygen atoms in total. The Kier molecular flexibility index (Phi) is 9.50. The molecule has 7 heteroatoms. The molecule has 0 amide bonds. The van der Waals surface area contributed by atoms with Crippen molar-refractivity contribution in [2.24, 2.45) is 0 Å². The van der Waals surface area contributed by atoms with Gasteiger partial charge in [0.2, 0.25) is 5.95 Å². The van der Waals surface area contributed by atoms with E-state index in [4.69, 9.17) is 5.11 Å². The molecule has 32 heavy (non-hydrogen) atoms. The average molecular weight is 437 g/mol. The van der Waals surface area contributed by atoms with Gasteiger partial charge in [-0.1, -0.05) is 25.0 Å². The van der Waals surface area contributed by atoms with E-state index in [0.29, 0.717) is 5.95 Å². The van der Waals surface area contributed by atoms with Gasteiger partial charge in [0.25, 0.3) is 0 Å². The molecule has 3 rings (SSSR count). The number of benzene rings is 1. The summed E-state index contributed by atoms with van der Waals surface area (Å²) in [6.45, 7) is 7.00. The van der Waals surface area contributed by atoms with Gasteiger partial charge >= 0.3 is 0 Å². The molecule has 0 aliphatic rings. The highest BCUT2D eigenvalue weighted by Crippen LogP contribution is 2.22. The molecule has 0 radical (unpaired) electrons. The van der Waals surface area contributed by atoms with E-state index in [2.05, 4.69) is 56.0 Å². The molecule has 0 bridgehead atoms. The number of fused-ring (bicyclic) bond motifs is 1. The summed E-state index contributed by atoms with van der Waals surface area (Å²) >= 11 is 0. The summed E-state index contributed by atoms with van der Waals surface area (Å²) in [6.07, 6.45) is 8.07. The van der Waals surface area contributed by atoms with Gasteiger partial charge in [0.1, 0.15) is 5.82 Å². The van der Waals surface area contributed by atoms with Crippen molar-refractivity contribution in [3.8, 4) is 0 Å². The van der Waals surface area contributed by atoms with E-state index >= 15 is 0 Å². The van der Waals surface area contributed by atoms with Crippen LogP contribution in [0.2, 0.25) is 0 Å². The van der Waals surface area contributed by atoms with Crippen molar-refractivity contribution in [2.45, 2.75) is 52.4 Å². The van der Waals surface area contributed by atoms with Crippen molar-refractivity contribution in [3.63, 3.8) is 0 Å². The third kappa shape index (κ3) is 7.64. The summed E-state index contributed by atoms with van der Waals surface area (Å²) in [6, 6.07) is 10.4. The minimum Gasteiger partial charge on any atom is -0.396 e. The summed E-state index contributed by atoms with van der Waals surface area (Å²) in [5, 5.41) is 20.3. The number of nitrogens with one attached hydrogen (secondary N) is 3. The Labute approximate surface area is 191 Å². The van der Waals surface area contributed by atoms with Crippen molar-refractivity contribution >= 4 is 28.4 Å². The molecule has 3 aromatic rings. The number of anilines is 3. The first-order valence-electron chi connectivity index (χ1n) is 11.7. The summed E-state index contributed by atoms with van der Waals surface area (Å²) in [4.78, 5) is 13.5. The maximum absolute atomic E-state index is 8.83. The van der Waals surface area contributed by atoms with Gasteiger partial charge in [-0.15, -0.1) is 0 Å². The monoisotopic (exact) mass is 436 g/mol. The van der Waals surface area contributed by atoms with E-state index in [-0.39, 0.29) is 6.61 Å². The fourth-order valence-electron chi connectivity index (χ4n) is 3.63. The van der Waals surface area contributed by atoms with Crippen LogP contribution >= 0.6 is 0 Å². The Hall–Kier alpha value is -2.93. The molecule has 2 aromatic heterocycles. The SMILES string of the molecule is Cc1ccc2c(NCCCCNc3cc(C)nc(NCCCCCCO)n3)ccnc2c1. The molecule has 0 aliphatic carbocycles. The van der Waals surface area contributed by atoms with E-state index < -0.39 is 0 Å². The quantitative estimate of drug-likeness (QED) is 0.267. The number of unbranched alkanes of at least 4 members (excludes halogenated alkanes) is 4. The highest BCUT2D eigenvalue weighted by molar-refractivity contribution is 5.91. The maximum Gasteiger partial charge on any atom is 0.224 e. The lowest BCUT2D eigenvalue weighted by atomic mass is 10.1. The number of hydrogen-bond acceptors (Lipinski definition) is 7. The zero-order chi connectivity index (χ0) is 22.6. The molecule has 0 saturated carbocycles. The highest BCUT2D eigenvalue weighted by Gasteiger charge is 2.03. The highest BCUT2D eigenvalue weighted by atomic mass is 16.2. The Morgan fingerprint density at radius 2 is 1.53 bits per heavy atom. The molecule has 0 aliphatic heterocycles. The number of rotatable bonds is 14. The molecule has 2 heterocycles. The molecular formula is C25H36N6O. The van der Waals surface area contributed by atoms with Crippen LogP contribution in [0.15, 0.2) is 36.5 Å². The van der Waals surface area contributed by atoms with Crippen LogP contribution in [0.5, 0.6) is 0 Å². The van der Waals surface area contributed by atoms with Crippen LogP contribution < -0.4 is 16.0 Å². The summed E-state index contributed by atoms with van der Waals surface area (Å²) in [5.41, 5.74) is 4.35. The number of hydrogen-bond donors (Lipinski definition) is 4. The third-order valence-corrected chi connectivity index (χ3v) is 5.35. The zero-order valence-electron chi connectivity index (χ0n) is 19.3. The lowest BCUT2D eigenvalue weighted by molar-refractivity contribution is 0.283. The largest absolute Gasteiger partial charge is 0.396 e. The first-order chi connectivity index (χ1) is 15.7. The normalized spacial score (nSPS) is 11.0. The van der Waals surface area contributed by atoms with Crippen LogP contribution in [-0.2, 0) is 0 Å². The predicted molar refractivity (Wildman–Crippen MR) is 134 cm³/mol. The fraction of sp³-hybridized carbons (Fsp3) is 0.480. The minimum atomic E-state index is 0.278. The molecule has 1 aromatic carbocycles. The van der Waals surface area contributed by atoms with Crippen molar-refractivity contribution in [1.82, 2.24) is 15.0 Å². The summed E-state index contributed by atoms with van der Waals surface area (Å²) < 4.78 is 0. The van der Waals surface area contributed by atoms with Gasteiger partial charge < -0.3 is 21.1 Å². The fourth-order valence-corrected chi connectivity index (χ4v) is 3.63. The zero-order valence-corrected chi connectivity index (χ0v) is 19.3. The minimum absolute atomic E-state index is 0.278. The second-order valence-electron chi connectivity index (χ2n) is 8.22. The van der Waals surface area contributed by atoms with Crippen LogP contribution in [0.1, 0.15) is 49.8 Å². The number of aryl methyl sites for hydroxylation is 2. The van der Waals surface area contributed by atoms with Gasteiger partial charge in [0.05, 0.1) is 5.52 Å². The van der Waals surface area contributed by atoms with Gasteiger partial charge in [0.15, 0.2) is 0 Å². The van der Waals surface area contributed by atoms with E-state index in [1.54, 1.807) is 0 Å². The van der Waals surface area contributed by atoms with Crippen molar-refractivity contribution < 1.29 is 5.11 Å². The van der Waals surface area contributed by atoms with Crippen molar-refractivity contribution in [3.05, 3.63) is 47.8 Å². The topological polar surface area (TPSA) is 95.0 Å². The molecule has 0 saturated heterocycles. The Bertz CT molecular complexity index is 978. The first-order valence-corrected chi connectivity index (χ1v) is 11.7. The molecule has 0 atom stereocenters. The molecule has 0 fully saturated rings. The van der Waals surface area contributed by atoms with Gasteiger partial charge in [0, 0.05) is 55.3 Å². The van der Waals surface area contributed by atoms with E-state index in [1.807, 2.05) is 25.3 Å². The molecule has 172 valence electrons. The van der Waals surface area contributed by atoms with Gasteiger partial charge in [-0.2, -0.15) is 4.98 Å². The number of pyridine rings is 1. The molecule has 0 unspecified atom stereocenters. The Balaban J connectivity index is 1.37. The van der Waals surface area contributed by atoms with Gasteiger partial charge in [-0.3, -0.25) is 4.98 Å². The lowest BCUT2D eigenvalue weighted by Crippen LogP contribution is -2.11. The average Bonchev–Trinajstić information content (AvgIpc) is 2.78. The first kappa shape index (κ1) is 23.7. The second-order valence-corrected chi connectivity index (χ2v) is 8.22. The predicted octanol–water partition coefficient (Wildman–Crippen LogP) is 4.91. The number of aromatic nitrogens is 3. The third-order valence-electron chi connectivity index (χ3n) is 5.35. The molecule has 4 N–H and O–H groups in total. The lowest BCUT2D eigenvalue weighted by Gasteiger charge is -2.11. The van der Waals surface area contributed by atoms with E-state index in [0.717, 1.165) is 80.9 Å². The van der Waals surface area contributed by atoms with Gasteiger partial charge in [-0.05, 0) is 57.2 Å². The Morgan fingerprint density at radius 1 is 0.781 bits per heavy atom. The van der Waals surface area contributed by atoms with E-state index in [9.17, 15) is 0 Å². The molecule has 0 spiro atoms. The van der Waals surface area contributed by atoms with E-state index in [1.165, 1.54) is 10.9 Å². The Morgan fingerprint density at radius 3 is 2.38 bits per heavy atom. The summed E-state index contributed by atoms with van der Waals surface area (Å²) in [7, 11) is 0. The molecular weight excluding hydrogens is 400 g/mol. The van der Waals surface area contributed by atoms with Crippen LogP contribution in [0.3, 0.4) is 0 Å². The van der Waals surface area contributed by atoms with Crippen molar-refractivity contribution in [1.29, 1.82) is 0 Å². The number of aliphatic hydroxyl groups excluding tert-OH is 1. The van der Waals surface area contributed by atoms with Crippen LogP contribution in [0, 0.1) is 13.8 Å². The van der Waals surface area contributed by atoms with Crippen LogP contribution in [-0.4, -0.2) is 46.3 Å².